The predicted octanol–water partition coefficient (Wildman–Crippen LogP) is -0.476. The van der Waals surface area contributed by atoms with E-state index in [1.807, 2.05) is 11.1 Å². The molecule has 0 bridgehead atoms. The Kier molecular flexibility index (Phi) is 3.62. The van der Waals surface area contributed by atoms with Crippen molar-refractivity contribution in [3.8, 4) is 6.19 Å². The lowest BCUT2D eigenvalue weighted by atomic mass is 9.93. The Morgan fingerprint density at radius 1 is 1.68 bits per heavy atom. The minimum absolute atomic E-state index is 0.269. The lowest BCUT2D eigenvalue weighted by molar-refractivity contribution is -0.147. The number of hydrogen-bond acceptors (Lipinski definition) is 4. The summed E-state index contributed by atoms with van der Waals surface area (Å²) in [5.74, 6) is -0.227. The van der Waals surface area contributed by atoms with Gasteiger partial charge in [-0.1, -0.05) is 0 Å². The fraction of sp³-hybridized carbons (Fsp3) is 0.750. The number of aliphatic carboxylic acids is 1. The van der Waals surface area contributed by atoms with Crippen molar-refractivity contribution < 1.29 is 9.90 Å². The first-order chi connectivity index (χ1) is 8.95. The van der Waals surface area contributed by atoms with E-state index in [4.69, 9.17) is 5.26 Å². The molecule has 0 aromatic rings. The smallest absolute Gasteiger partial charge is 0.310 e. The number of piperazine rings is 1. The fourth-order valence-corrected chi connectivity index (χ4v) is 2.56. The van der Waals surface area contributed by atoms with E-state index < -0.39 is 11.4 Å². The number of carbonyl (C=O) groups is 1. The molecule has 0 spiro atoms. The molecule has 2 N–H and O–H groups in total. The summed E-state index contributed by atoms with van der Waals surface area (Å²) in [6.07, 6.45) is 1.82. The van der Waals surface area contributed by atoms with Crippen molar-refractivity contribution in [2.24, 2.45) is 10.4 Å². The number of rotatable bonds is 3. The Morgan fingerprint density at radius 3 is 3.05 bits per heavy atom. The van der Waals surface area contributed by atoms with E-state index in [2.05, 4.69) is 15.2 Å². The molecule has 2 aliphatic heterocycles. The van der Waals surface area contributed by atoms with Gasteiger partial charge < -0.3 is 20.2 Å². The molecule has 0 saturated carbocycles. The van der Waals surface area contributed by atoms with Gasteiger partial charge in [-0.15, -0.1) is 4.99 Å². The standard InChI is InChI=1S/C12H19N5O2/c1-12(2,10(18)19)7-16-6-9-5-14-3-4-17(9)11(16)15-8-13/h9,14H,3-7H2,1-2H3,(H,18,19)/b15-11-. The van der Waals surface area contributed by atoms with Crippen molar-refractivity contribution in [1.29, 1.82) is 5.26 Å². The highest BCUT2D eigenvalue weighted by molar-refractivity contribution is 5.84. The molecule has 2 rings (SSSR count). The number of fused-ring (bicyclic) bond motifs is 1. The van der Waals surface area contributed by atoms with Gasteiger partial charge in [0.05, 0.1) is 11.5 Å². The maximum Gasteiger partial charge on any atom is 0.310 e. The molecule has 19 heavy (non-hydrogen) atoms. The summed E-state index contributed by atoms with van der Waals surface area (Å²) in [6.45, 7) is 6.95. The number of nitrogens with zero attached hydrogens (tertiary/aromatic N) is 4. The van der Waals surface area contributed by atoms with Crippen LogP contribution in [0, 0.1) is 16.9 Å². The number of nitrogens with one attached hydrogen (secondary N) is 1. The fourth-order valence-electron chi connectivity index (χ4n) is 2.56. The van der Waals surface area contributed by atoms with E-state index in [1.165, 1.54) is 0 Å². The van der Waals surface area contributed by atoms with Crippen molar-refractivity contribution in [3.63, 3.8) is 0 Å². The van der Waals surface area contributed by atoms with Crippen molar-refractivity contribution in [2.75, 3.05) is 32.7 Å². The van der Waals surface area contributed by atoms with Gasteiger partial charge in [-0.3, -0.25) is 4.79 Å². The van der Waals surface area contributed by atoms with E-state index in [9.17, 15) is 9.90 Å². The highest BCUT2D eigenvalue weighted by Gasteiger charge is 2.40. The first-order valence-electron chi connectivity index (χ1n) is 6.38. The van der Waals surface area contributed by atoms with E-state index in [-0.39, 0.29) is 6.04 Å². The lowest BCUT2D eigenvalue weighted by Gasteiger charge is -2.31. The van der Waals surface area contributed by atoms with Gasteiger partial charge in [0.2, 0.25) is 12.2 Å². The largest absolute Gasteiger partial charge is 0.481 e. The SMILES string of the molecule is CC(C)(CN1CC2CNCCN2/C1=N\C#N)C(=O)O. The van der Waals surface area contributed by atoms with Crippen LogP contribution in [0.25, 0.3) is 0 Å². The van der Waals surface area contributed by atoms with E-state index >= 15 is 0 Å². The summed E-state index contributed by atoms with van der Waals surface area (Å²) in [6, 6.07) is 0.269. The van der Waals surface area contributed by atoms with Crippen LogP contribution in [0.5, 0.6) is 0 Å². The first kappa shape index (κ1) is 13.6. The van der Waals surface area contributed by atoms with Crippen molar-refractivity contribution in [1.82, 2.24) is 15.1 Å². The van der Waals surface area contributed by atoms with Crippen molar-refractivity contribution >= 4 is 11.9 Å². The van der Waals surface area contributed by atoms with Crippen LogP contribution in [0.15, 0.2) is 4.99 Å². The zero-order valence-electron chi connectivity index (χ0n) is 11.3. The minimum atomic E-state index is -0.863. The first-order valence-corrected chi connectivity index (χ1v) is 6.38. The average Bonchev–Trinajstić information content (AvgIpc) is 2.67. The zero-order chi connectivity index (χ0) is 14.0. The normalized spacial score (nSPS) is 25.3. The van der Waals surface area contributed by atoms with Crippen LogP contribution in [0.2, 0.25) is 0 Å². The third kappa shape index (κ3) is 2.63. The molecule has 1 unspecified atom stereocenters. The summed E-state index contributed by atoms with van der Waals surface area (Å²) in [4.78, 5) is 19.1. The van der Waals surface area contributed by atoms with Gasteiger partial charge in [0, 0.05) is 32.7 Å². The van der Waals surface area contributed by atoms with Crippen LogP contribution in [-0.4, -0.2) is 65.6 Å². The molecule has 104 valence electrons. The Labute approximate surface area is 112 Å². The summed E-state index contributed by atoms with van der Waals surface area (Å²) >= 11 is 0. The molecular formula is C12H19N5O2. The van der Waals surface area contributed by atoms with Crippen LogP contribution in [0.1, 0.15) is 13.8 Å². The molecule has 0 aromatic heterocycles. The second-order valence-corrected chi connectivity index (χ2v) is 5.63. The summed E-state index contributed by atoms with van der Waals surface area (Å²) in [5.41, 5.74) is -0.863. The molecule has 2 fully saturated rings. The number of aliphatic imine (C=N–C) groups is 1. The molecule has 2 saturated heterocycles. The number of guanidine groups is 1. The van der Waals surface area contributed by atoms with Gasteiger partial charge in [-0.25, -0.2) is 0 Å². The van der Waals surface area contributed by atoms with E-state index in [0.717, 1.165) is 19.6 Å². The molecule has 2 aliphatic rings. The number of carboxylic acids is 1. The van der Waals surface area contributed by atoms with Crippen LogP contribution < -0.4 is 5.32 Å². The second-order valence-electron chi connectivity index (χ2n) is 5.63. The third-order valence-corrected chi connectivity index (χ3v) is 3.64. The van der Waals surface area contributed by atoms with E-state index in [0.29, 0.717) is 19.0 Å². The van der Waals surface area contributed by atoms with Crippen LogP contribution in [-0.2, 0) is 4.79 Å². The van der Waals surface area contributed by atoms with Crippen LogP contribution >= 0.6 is 0 Å². The quantitative estimate of drug-likeness (QED) is 0.670. The molecule has 0 amide bonds. The zero-order valence-corrected chi connectivity index (χ0v) is 11.3. The molecule has 7 heteroatoms. The number of hydrogen-bond donors (Lipinski definition) is 2. The molecular weight excluding hydrogens is 246 g/mol. The lowest BCUT2D eigenvalue weighted by Crippen LogP contribution is -2.50. The number of nitriles is 1. The van der Waals surface area contributed by atoms with Gasteiger partial charge in [0.25, 0.3) is 0 Å². The minimum Gasteiger partial charge on any atom is -0.481 e. The van der Waals surface area contributed by atoms with Gasteiger partial charge in [0.1, 0.15) is 0 Å². The average molecular weight is 265 g/mol. The highest BCUT2D eigenvalue weighted by atomic mass is 16.4. The second kappa shape index (κ2) is 5.05. The Bertz CT molecular complexity index is 440. The maximum absolute atomic E-state index is 11.2. The highest BCUT2D eigenvalue weighted by Crippen LogP contribution is 2.24. The Balaban J connectivity index is 2.18. The molecule has 0 radical (unpaired) electrons. The van der Waals surface area contributed by atoms with Gasteiger partial charge in [-0.05, 0) is 13.8 Å². The summed E-state index contributed by atoms with van der Waals surface area (Å²) in [5, 5.41) is 21.3. The van der Waals surface area contributed by atoms with Gasteiger partial charge in [0.15, 0.2) is 0 Å². The molecule has 0 aliphatic carbocycles. The van der Waals surface area contributed by atoms with Crippen LogP contribution in [0.3, 0.4) is 0 Å². The maximum atomic E-state index is 11.2. The number of carboxylic acid groups (broad SMARTS) is 1. The monoisotopic (exact) mass is 265 g/mol. The van der Waals surface area contributed by atoms with Gasteiger partial charge in [-0.2, -0.15) is 5.26 Å². The summed E-state index contributed by atoms with van der Waals surface area (Å²) < 4.78 is 0. The Morgan fingerprint density at radius 2 is 2.42 bits per heavy atom. The van der Waals surface area contributed by atoms with Crippen molar-refractivity contribution in [2.45, 2.75) is 19.9 Å². The third-order valence-electron chi connectivity index (χ3n) is 3.64. The van der Waals surface area contributed by atoms with Gasteiger partial charge >= 0.3 is 5.97 Å². The topological polar surface area (TPSA) is 92.0 Å². The molecule has 0 aromatic carbocycles. The molecule has 7 nitrogen and oxygen atoms in total. The molecule has 1 atom stereocenters. The summed E-state index contributed by atoms with van der Waals surface area (Å²) in [7, 11) is 0. The Hall–Kier alpha value is -1.81. The van der Waals surface area contributed by atoms with E-state index in [1.54, 1.807) is 13.8 Å². The molecule has 2 heterocycles. The van der Waals surface area contributed by atoms with Crippen LogP contribution in [0.4, 0.5) is 0 Å². The predicted molar refractivity (Wildman–Crippen MR) is 69.4 cm³/mol. The van der Waals surface area contributed by atoms with Crippen molar-refractivity contribution in [3.05, 3.63) is 0 Å².